The summed E-state index contributed by atoms with van der Waals surface area (Å²) < 4.78 is 5.70. The average molecular weight is 207 g/mol. The average Bonchev–Trinajstić information content (AvgIpc) is 2.24. The Morgan fingerprint density at radius 1 is 1.27 bits per heavy atom. The van der Waals surface area contributed by atoms with Crippen molar-refractivity contribution in [3.8, 4) is 5.75 Å². The van der Waals surface area contributed by atoms with Crippen LogP contribution in [0.1, 0.15) is 32.3 Å². The fourth-order valence-corrected chi connectivity index (χ4v) is 1.49. The predicted octanol–water partition coefficient (Wildman–Crippen LogP) is 2.96. The van der Waals surface area contributed by atoms with Gasteiger partial charge in [-0.1, -0.05) is 32.0 Å². The molecule has 0 fully saturated rings. The van der Waals surface area contributed by atoms with E-state index in [1.807, 2.05) is 24.3 Å². The van der Waals surface area contributed by atoms with E-state index in [1.54, 1.807) is 0 Å². The molecule has 15 heavy (non-hydrogen) atoms. The SMILES string of the molecule is CC(C)CCCOc1ccccc1CN. The van der Waals surface area contributed by atoms with Crippen LogP contribution in [0.25, 0.3) is 0 Å². The Labute approximate surface area is 92.4 Å². The molecule has 0 aromatic heterocycles. The van der Waals surface area contributed by atoms with Gasteiger partial charge in [0.15, 0.2) is 0 Å². The lowest BCUT2D eigenvalue weighted by Gasteiger charge is -2.10. The molecule has 0 aliphatic rings. The molecule has 1 aromatic rings. The van der Waals surface area contributed by atoms with Gasteiger partial charge in [0, 0.05) is 12.1 Å². The van der Waals surface area contributed by atoms with Crippen molar-refractivity contribution in [1.82, 2.24) is 0 Å². The third-order valence-electron chi connectivity index (χ3n) is 2.38. The highest BCUT2D eigenvalue weighted by molar-refractivity contribution is 5.32. The molecule has 2 heteroatoms. The van der Waals surface area contributed by atoms with Gasteiger partial charge in [-0.05, 0) is 24.8 Å². The molecule has 0 saturated heterocycles. The number of hydrogen-bond acceptors (Lipinski definition) is 2. The van der Waals surface area contributed by atoms with E-state index < -0.39 is 0 Å². The Kier molecular flexibility index (Phi) is 5.19. The molecule has 0 atom stereocenters. The normalized spacial score (nSPS) is 10.7. The summed E-state index contributed by atoms with van der Waals surface area (Å²) in [7, 11) is 0. The lowest BCUT2D eigenvalue weighted by molar-refractivity contribution is 0.295. The molecule has 1 aromatic carbocycles. The van der Waals surface area contributed by atoms with Crippen LogP contribution >= 0.6 is 0 Å². The first-order chi connectivity index (χ1) is 7.24. The maximum absolute atomic E-state index is 5.70. The molecule has 84 valence electrons. The van der Waals surface area contributed by atoms with E-state index >= 15 is 0 Å². The van der Waals surface area contributed by atoms with Crippen LogP contribution < -0.4 is 10.5 Å². The van der Waals surface area contributed by atoms with Crippen molar-refractivity contribution in [2.45, 2.75) is 33.2 Å². The van der Waals surface area contributed by atoms with E-state index in [9.17, 15) is 0 Å². The summed E-state index contributed by atoms with van der Waals surface area (Å²) in [6, 6.07) is 7.97. The summed E-state index contributed by atoms with van der Waals surface area (Å²) in [5, 5.41) is 0. The predicted molar refractivity (Wildman–Crippen MR) is 63.9 cm³/mol. The molecule has 0 unspecified atom stereocenters. The summed E-state index contributed by atoms with van der Waals surface area (Å²) in [6.07, 6.45) is 2.32. The summed E-state index contributed by atoms with van der Waals surface area (Å²) in [4.78, 5) is 0. The first-order valence-electron chi connectivity index (χ1n) is 5.64. The van der Waals surface area contributed by atoms with Crippen LogP contribution in [0.2, 0.25) is 0 Å². The van der Waals surface area contributed by atoms with Gasteiger partial charge in [-0.25, -0.2) is 0 Å². The molecule has 2 nitrogen and oxygen atoms in total. The summed E-state index contributed by atoms with van der Waals surface area (Å²) in [5.41, 5.74) is 6.71. The zero-order valence-electron chi connectivity index (χ0n) is 9.70. The minimum absolute atomic E-state index is 0.542. The maximum atomic E-state index is 5.70. The van der Waals surface area contributed by atoms with Gasteiger partial charge in [0.2, 0.25) is 0 Å². The van der Waals surface area contributed by atoms with Crippen molar-refractivity contribution in [3.63, 3.8) is 0 Å². The molecule has 0 spiro atoms. The van der Waals surface area contributed by atoms with Crippen molar-refractivity contribution in [2.75, 3.05) is 6.61 Å². The minimum atomic E-state index is 0.542. The van der Waals surface area contributed by atoms with Crippen LogP contribution in [0.3, 0.4) is 0 Å². The molecule has 0 aliphatic carbocycles. The van der Waals surface area contributed by atoms with E-state index in [0.29, 0.717) is 6.54 Å². The second kappa shape index (κ2) is 6.46. The van der Waals surface area contributed by atoms with Gasteiger partial charge in [0.1, 0.15) is 5.75 Å². The van der Waals surface area contributed by atoms with Gasteiger partial charge < -0.3 is 10.5 Å². The zero-order chi connectivity index (χ0) is 11.1. The van der Waals surface area contributed by atoms with E-state index in [-0.39, 0.29) is 0 Å². The van der Waals surface area contributed by atoms with Crippen LogP contribution in [0, 0.1) is 5.92 Å². The highest BCUT2D eigenvalue weighted by Crippen LogP contribution is 2.17. The van der Waals surface area contributed by atoms with Gasteiger partial charge in [0.05, 0.1) is 6.61 Å². The second-order valence-corrected chi connectivity index (χ2v) is 4.20. The van der Waals surface area contributed by atoms with Gasteiger partial charge in [-0.2, -0.15) is 0 Å². The number of para-hydroxylation sites is 1. The zero-order valence-corrected chi connectivity index (χ0v) is 9.70. The van der Waals surface area contributed by atoms with Crippen molar-refractivity contribution in [1.29, 1.82) is 0 Å². The number of nitrogens with two attached hydrogens (primary N) is 1. The highest BCUT2D eigenvalue weighted by Gasteiger charge is 2.00. The molecule has 0 heterocycles. The third-order valence-corrected chi connectivity index (χ3v) is 2.38. The quantitative estimate of drug-likeness (QED) is 0.728. The Hall–Kier alpha value is -1.02. The minimum Gasteiger partial charge on any atom is -0.493 e. The fraction of sp³-hybridized carbons (Fsp3) is 0.538. The number of ether oxygens (including phenoxy) is 1. The first kappa shape index (κ1) is 12.1. The van der Waals surface area contributed by atoms with Crippen LogP contribution in [-0.2, 0) is 6.54 Å². The molecule has 2 N–H and O–H groups in total. The maximum Gasteiger partial charge on any atom is 0.123 e. The molecule has 0 radical (unpaired) electrons. The van der Waals surface area contributed by atoms with Crippen molar-refractivity contribution >= 4 is 0 Å². The van der Waals surface area contributed by atoms with Gasteiger partial charge >= 0.3 is 0 Å². The molecule has 0 aliphatic heterocycles. The van der Waals surface area contributed by atoms with E-state index in [1.165, 1.54) is 6.42 Å². The molecule has 0 bridgehead atoms. The van der Waals surface area contributed by atoms with Crippen LogP contribution in [0.4, 0.5) is 0 Å². The molecular weight excluding hydrogens is 186 g/mol. The van der Waals surface area contributed by atoms with Gasteiger partial charge in [-0.3, -0.25) is 0 Å². The van der Waals surface area contributed by atoms with Crippen LogP contribution in [0.15, 0.2) is 24.3 Å². The Morgan fingerprint density at radius 3 is 2.67 bits per heavy atom. The second-order valence-electron chi connectivity index (χ2n) is 4.20. The monoisotopic (exact) mass is 207 g/mol. The van der Waals surface area contributed by atoms with Crippen LogP contribution in [-0.4, -0.2) is 6.61 Å². The van der Waals surface area contributed by atoms with Gasteiger partial charge in [-0.15, -0.1) is 0 Å². The fourth-order valence-electron chi connectivity index (χ4n) is 1.49. The van der Waals surface area contributed by atoms with Crippen molar-refractivity contribution in [2.24, 2.45) is 11.7 Å². The Balaban J connectivity index is 2.36. The number of hydrogen-bond donors (Lipinski definition) is 1. The van der Waals surface area contributed by atoms with E-state index in [4.69, 9.17) is 10.5 Å². The summed E-state index contributed by atoms with van der Waals surface area (Å²) in [5.74, 6) is 1.68. The molecule has 0 amide bonds. The van der Waals surface area contributed by atoms with E-state index in [0.717, 1.165) is 30.3 Å². The smallest absolute Gasteiger partial charge is 0.123 e. The summed E-state index contributed by atoms with van der Waals surface area (Å²) >= 11 is 0. The van der Waals surface area contributed by atoms with Crippen LogP contribution in [0.5, 0.6) is 5.75 Å². The molecular formula is C13H21NO. The number of rotatable bonds is 6. The standard InChI is InChI=1S/C13H21NO/c1-11(2)6-5-9-15-13-8-4-3-7-12(13)10-14/h3-4,7-8,11H,5-6,9-10,14H2,1-2H3. The first-order valence-corrected chi connectivity index (χ1v) is 5.64. The Morgan fingerprint density at radius 2 is 2.00 bits per heavy atom. The summed E-state index contributed by atoms with van der Waals surface area (Å²) in [6.45, 7) is 5.79. The lowest BCUT2D eigenvalue weighted by Crippen LogP contribution is -2.04. The lowest BCUT2D eigenvalue weighted by atomic mass is 10.1. The van der Waals surface area contributed by atoms with Gasteiger partial charge in [0.25, 0.3) is 0 Å². The van der Waals surface area contributed by atoms with Crippen molar-refractivity contribution < 1.29 is 4.74 Å². The number of benzene rings is 1. The van der Waals surface area contributed by atoms with E-state index in [2.05, 4.69) is 13.8 Å². The van der Waals surface area contributed by atoms with Crippen molar-refractivity contribution in [3.05, 3.63) is 29.8 Å². The Bertz CT molecular complexity index is 284. The molecule has 1 rings (SSSR count). The molecule has 0 saturated carbocycles. The third kappa shape index (κ3) is 4.34. The highest BCUT2D eigenvalue weighted by atomic mass is 16.5. The largest absolute Gasteiger partial charge is 0.493 e. The topological polar surface area (TPSA) is 35.2 Å².